The van der Waals surface area contributed by atoms with Crippen molar-refractivity contribution in [3.05, 3.63) is 132 Å². The standard InChI is InChI=1S/C30H25ClN2O4S/c1-3-23-26(29(35)36-2)27(20-9-5-4-6-10-20)33-28(34)25(38-30(33)32-23)17-21-11-7-8-12-24(21)37-18-19-13-15-22(31)16-14-19/h4-17,27H,3,18H2,1-2H3/b25-17+/t27-/m1/s1. The van der Waals surface area contributed by atoms with E-state index in [2.05, 4.69) is 0 Å². The van der Waals surface area contributed by atoms with Gasteiger partial charge in [-0.1, -0.05) is 90.5 Å². The number of esters is 1. The first-order chi connectivity index (χ1) is 18.5. The van der Waals surface area contributed by atoms with Crippen molar-refractivity contribution >= 4 is 35.0 Å². The average molecular weight is 545 g/mol. The summed E-state index contributed by atoms with van der Waals surface area (Å²) in [5.74, 6) is 0.159. The predicted octanol–water partition coefficient (Wildman–Crippen LogP) is 5.03. The van der Waals surface area contributed by atoms with Gasteiger partial charge in [-0.3, -0.25) is 9.36 Å². The zero-order valence-electron chi connectivity index (χ0n) is 20.9. The molecule has 192 valence electrons. The first kappa shape index (κ1) is 25.7. The van der Waals surface area contributed by atoms with Crippen LogP contribution < -0.4 is 19.6 Å². The molecule has 0 bridgehead atoms. The Morgan fingerprint density at radius 1 is 1.05 bits per heavy atom. The Labute approximate surface area is 228 Å². The summed E-state index contributed by atoms with van der Waals surface area (Å²) in [5.41, 5.74) is 3.33. The molecule has 5 rings (SSSR count). The summed E-state index contributed by atoms with van der Waals surface area (Å²) in [5, 5.41) is 0.667. The second kappa shape index (κ2) is 11.2. The average Bonchev–Trinajstić information content (AvgIpc) is 3.26. The fourth-order valence-electron chi connectivity index (χ4n) is 4.43. The van der Waals surface area contributed by atoms with Gasteiger partial charge in [0.05, 0.1) is 29.0 Å². The number of thiazole rings is 1. The summed E-state index contributed by atoms with van der Waals surface area (Å²) in [6, 6.07) is 23.9. The lowest BCUT2D eigenvalue weighted by molar-refractivity contribution is -0.136. The lowest BCUT2D eigenvalue weighted by atomic mass is 9.95. The molecule has 0 radical (unpaired) electrons. The molecule has 1 aromatic heterocycles. The number of halogens is 1. The van der Waals surface area contributed by atoms with Crippen LogP contribution in [0.4, 0.5) is 0 Å². The minimum absolute atomic E-state index is 0.230. The molecule has 38 heavy (non-hydrogen) atoms. The molecule has 0 saturated heterocycles. The summed E-state index contributed by atoms with van der Waals surface area (Å²) in [4.78, 5) is 32.0. The smallest absolute Gasteiger partial charge is 0.338 e. The number of para-hydroxylation sites is 1. The van der Waals surface area contributed by atoms with Crippen LogP contribution in [0.2, 0.25) is 5.02 Å². The topological polar surface area (TPSA) is 69.9 Å². The number of nitrogens with zero attached hydrogens (tertiary/aromatic N) is 2. The number of methoxy groups -OCH3 is 1. The quantitative estimate of drug-likeness (QED) is 0.306. The number of carbonyl (C=O) groups excluding carboxylic acids is 1. The van der Waals surface area contributed by atoms with Crippen LogP contribution >= 0.6 is 22.9 Å². The first-order valence-corrected chi connectivity index (χ1v) is 13.3. The number of benzene rings is 3. The van der Waals surface area contributed by atoms with Crippen molar-refractivity contribution < 1.29 is 14.3 Å². The molecule has 1 aliphatic heterocycles. The molecular weight excluding hydrogens is 520 g/mol. The summed E-state index contributed by atoms with van der Waals surface area (Å²) in [6.07, 6.45) is 2.34. The number of allylic oxidation sites excluding steroid dienone is 1. The van der Waals surface area contributed by atoms with Crippen LogP contribution in [0.1, 0.15) is 36.1 Å². The molecule has 8 heteroatoms. The van der Waals surface area contributed by atoms with Gasteiger partial charge in [0.1, 0.15) is 12.4 Å². The first-order valence-electron chi connectivity index (χ1n) is 12.1. The number of hydrogen-bond donors (Lipinski definition) is 0. The van der Waals surface area contributed by atoms with Crippen LogP contribution in [-0.2, 0) is 16.1 Å². The summed E-state index contributed by atoms with van der Waals surface area (Å²) >= 11 is 7.28. The van der Waals surface area contributed by atoms with Gasteiger partial charge in [-0.2, -0.15) is 0 Å². The maximum absolute atomic E-state index is 13.8. The van der Waals surface area contributed by atoms with Crippen molar-refractivity contribution in [2.75, 3.05) is 7.11 Å². The fourth-order valence-corrected chi connectivity index (χ4v) is 5.57. The predicted molar refractivity (Wildman–Crippen MR) is 149 cm³/mol. The van der Waals surface area contributed by atoms with Crippen molar-refractivity contribution in [1.82, 2.24) is 4.57 Å². The van der Waals surface area contributed by atoms with Crippen molar-refractivity contribution in [1.29, 1.82) is 0 Å². The van der Waals surface area contributed by atoms with E-state index in [9.17, 15) is 9.59 Å². The Hall–Kier alpha value is -3.94. The minimum Gasteiger partial charge on any atom is -0.488 e. The molecule has 0 N–H and O–H groups in total. The van der Waals surface area contributed by atoms with Crippen LogP contribution in [-0.4, -0.2) is 17.6 Å². The number of rotatable bonds is 7. The minimum atomic E-state index is -0.631. The highest BCUT2D eigenvalue weighted by molar-refractivity contribution is 7.07. The SMILES string of the molecule is CCC1=C(C(=O)OC)[C@@H](c2ccccc2)n2c(s/c(=C/c3ccccc3OCc3ccc(Cl)cc3)c2=O)=N1. The van der Waals surface area contributed by atoms with E-state index < -0.39 is 12.0 Å². The zero-order valence-corrected chi connectivity index (χ0v) is 22.5. The molecule has 1 atom stereocenters. The highest BCUT2D eigenvalue weighted by Crippen LogP contribution is 2.31. The van der Waals surface area contributed by atoms with E-state index in [1.807, 2.05) is 91.9 Å². The Morgan fingerprint density at radius 3 is 2.47 bits per heavy atom. The van der Waals surface area contributed by atoms with Gasteiger partial charge in [-0.15, -0.1) is 0 Å². The molecule has 0 saturated carbocycles. The lowest BCUT2D eigenvalue weighted by Crippen LogP contribution is -2.40. The molecule has 4 aromatic rings. The Kier molecular flexibility index (Phi) is 7.58. The van der Waals surface area contributed by atoms with Gasteiger partial charge >= 0.3 is 5.97 Å². The lowest BCUT2D eigenvalue weighted by Gasteiger charge is -2.25. The van der Waals surface area contributed by atoms with E-state index >= 15 is 0 Å². The maximum atomic E-state index is 13.8. The van der Waals surface area contributed by atoms with Crippen molar-refractivity contribution in [3.8, 4) is 5.75 Å². The Bertz CT molecular complexity index is 1690. The Balaban J connectivity index is 1.60. The van der Waals surface area contributed by atoms with Gasteiger partial charge in [0.25, 0.3) is 5.56 Å². The zero-order chi connectivity index (χ0) is 26.6. The van der Waals surface area contributed by atoms with Crippen molar-refractivity contribution in [3.63, 3.8) is 0 Å². The highest BCUT2D eigenvalue weighted by atomic mass is 35.5. The number of fused-ring (bicyclic) bond motifs is 1. The number of ether oxygens (including phenoxy) is 2. The van der Waals surface area contributed by atoms with Gasteiger partial charge in [-0.05, 0) is 41.8 Å². The van der Waals surface area contributed by atoms with Crippen LogP contribution in [0, 0.1) is 0 Å². The van der Waals surface area contributed by atoms with Crippen molar-refractivity contribution in [2.45, 2.75) is 26.0 Å². The molecule has 0 spiro atoms. The largest absolute Gasteiger partial charge is 0.488 e. The second-order valence-electron chi connectivity index (χ2n) is 8.65. The van der Waals surface area contributed by atoms with Crippen LogP contribution in [0.5, 0.6) is 5.75 Å². The highest BCUT2D eigenvalue weighted by Gasteiger charge is 2.33. The van der Waals surface area contributed by atoms with Crippen LogP contribution in [0.15, 0.2) is 99.9 Å². The molecule has 0 amide bonds. The van der Waals surface area contributed by atoms with E-state index in [1.54, 1.807) is 4.57 Å². The molecule has 6 nitrogen and oxygen atoms in total. The van der Waals surface area contributed by atoms with Gasteiger partial charge in [-0.25, -0.2) is 9.79 Å². The monoisotopic (exact) mass is 544 g/mol. The third-order valence-corrected chi connectivity index (χ3v) is 7.51. The number of aromatic nitrogens is 1. The molecule has 2 heterocycles. The van der Waals surface area contributed by atoms with Crippen LogP contribution in [0.3, 0.4) is 0 Å². The number of hydrogen-bond acceptors (Lipinski definition) is 6. The van der Waals surface area contributed by atoms with Gasteiger partial charge < -0.3 is 9.47 Å². The van der Waals surface area contributed by atoms with E-state index in [4.69, 9.17) is 26.1 Å². The molecule has 3 aromatic carbocycles. The molecule has 1 aliphatic rings. The molecule has 0 fully saturated rings. The second-order valence-corrected chi connectivity index (χ2v) is 10.1. The number of carbonyl (C=O) groups is 1. The van der Waals surface area contributed by atoms with Crippen molar-refractivity contribution in [2.24, 2.45) is 4.99 Å². The van der Waals surface area contributed by atoms with E-state index in [1.165, 1.54) is 18.4 Å². The van der Waals surface area contributed by atoms with Gasteiger partial charge in [0, 0.05) is 10.6 Å². The van der Waals surface area contributed by atoms with Gasteiger partial charge in [0.2, 0.25) is 0 Å². The van der Waals surface area contributed by atoms with E-state index in [0.29, 0.717) is 44.4 Å². The fraction of sp³-hybridized carbons (Fsp3) is 0.167. The van der Waals surface area contributed by atoms with Crippen LogP contribution in [0.25, 0.3) is 6.08 Å². The van der Waals surface area contributed by atoms with E-state index in [-0.39, 0.29) is 5.56 Å². The van der Waals surface area contributed by atoms with Gasteiger partial charge in [0.15, 0.2) is 4.80 Å². The third kappa shape index (κ3) is 5.08. The summed E-state index contributed by atoms with van der Waals surface area (Å²) < 4.78 is 13.3. The third-order valence-electron chi connectivity index (χ3n) is 6.28. The van der Waals surface area contributed by atoms with E-state index in [0.717, 1.165) is 16.7 Å². The molecule has 0 unspecified atom stereocenters. The molecular formula is C30H25ClN2O4S. The summed E-state index contributed by atoms with van der Waals surface area (Å²) in [7, 11) is 1.34. The Morgan fingerprint density at radius 2 is 1.76 bits per heavy atom. The molecule has 0 aliphatic carbocycles. The summed E-state index contributed by atoms with van der Waals surface area (Å²) in [6.45, 7) is 2.30. The normalized spacial score (nSPS) is 15.1. The maximum Gasteiger partial charge on any atom is 0.338 e.